The molecule has 0 fully saturated rings. The lowest BCUT2D eigenvalue weighted by Crippen LogP contribution is -2.22. The van der Waals surface area contributed by atoms with E-state index in [-0.39, 0.29) is 11.5 Å². The van der Waals surface area contributed by atoms with Gasteiger partial charge in [0.15, 0.2) is 0 Å². The van der Waals surface area contributed by atoms with E-state index in [0.717, 1.165) is 0 Å². The number of aromatic nitrogens is 4. The fourth-order valence-corrected chi connectivity index (χ4v) is 2.65. The first-order valence-electron chi connectivity index (χ1n) is 7.34. The minimum atomic E-state index is -0.256. The quantitative estimate of drug-likeness (QED) is 0.569. The summed E-state index contributed by atoms with van der Waals surface area (Å²) in [4.78, 5) is 33.7. The molecule has 0 aliphatic carbocycles. The first kappa shape index (κ1) is 14.1. The van der Waals surface area contributed by atoms with Crippen LogP contribution >= 0.6 is 0 Å². The van der Waals surface area contributed by atoms with Crippen LogP contribution < -0.4 is 5.56 Å². The molecular weight excluding hydrogens is 304 g/mol. The third-order valence-corrected chi connectivity index (χ3v) is 3.79. The van der Waals surface area contributed by atoms with Gasteiger partial charge in [-0.1, -0.05) is 24.3 Å². The Hall–Kier alpha value is -3.54. The zero-order valence-corrected chi connectivity index (χ0v) is 12.5. The van der Waals surface area contributed by atoms with Crippen LogP contribution in [0.1, 0.15) is 10.4 Å². The van der Waals surface area contributed by atoms with Gasteiger partial charge in [0.05, 0.1) is 5.56 Å². The van der Waals surface area contributed by atoms with Crippen LogP contribution in [0.15, 0.2) is 78.4 Å². The molecular formula is C18H12N4O2. The Labute approximate surface area is 136 Å². The molecule has 0 saturated heterocycles. The lowest BCUT2D eigenvalue weighted by atomic mass is 10.1. The molecule has 1 aromatic carbocycles. The average Bonchev–Trinajstić information content (AvgIpc) is 3.17. The molecule has 6 heteroatoms. The second-order valence-electron chi connectivity index (χ2n) is 5.23. The maximum atomic E-state index is 12.8. The number of carbonyl (C=O) groups is 1. The van der Waals surface area contributed by atoms with E-state index in [9.17, 15) is 9.59 Å². The van der Waals surface area contributed by atoms with Gasteiger partial charge in [-0.2, -0.15) is 0 Å². The lowest BCUT2D eigenvalue weighted by Gasteiger charge is -2.11. The summed E-state index contributed by atoms with van der Waals surface area (Å²) in [7, 11) is 0. The van der Waals surface area contributed by atoms with Gasteiger partial charge in [0.2, 0.25) is 0 Å². The molecule has 0 unspecified atom stereocenters. The smallest absolute Gasteiger partial charge is 0.265 e. The summed E-state index contributed by atoms with van der Waals surface area (Å²) in [6, 6.07) is 12.3. The molecule has 0 saturated carbocycles. The van der Waals surface area contributed by atoms with Crippen molar-refractivity contribution >= 4 is 16.7 Å². The van der Waals surface area contributed by atoms with Gasteiger partial charge in [0.1, 0.15) is 12.1 Å². The molecule has 3 heterocycles. The van der Waals surface area contributed by atoms with E-state index in [1.165, 1.54) is 27.9 Å². The number of benzene rings is 1. The molecule has 0 bridgehead atoms. The lowest BCUT2D eigenvalue weighted by molar-refractivity contribution is 0.0961. The molecule has 4 aromatic rings. The Morgan fingerprint density at radius 1 is 0.958 bits per heavy atom. The van der Waals surface area contributed by atoms with Crippen molar-refractivity contribution in [2.24, 2.45) is 0 Å². The highest BCUT2D eigenvalue weighted by atomic mass is 16.2. The molecule has 0 aliphatic heterocycles. The molecule has 0 N–H and O–H groups in total. The largest absolute Gasteiger partial charge is 0.272 e. The van der Waals surface area contributed by atoms with Crippen LogP contribution in [0.2, 0.25) is 0 Å². The second-order valence-corrected chi connectivity index (χ2v) is 5.23. The molecule has 24 heavy (non-hydrogen) atoms. The van der Waals surface area contributed by atoms with E-state index < -0.39 is 0 Å². The van der Waals surface area contributed by atoms with E-state index in [0.29, 0.717) is 22.2 Å². The molecule has 0 radical (unpaired) electrons. The number of pyridine rings is 2. The normalized spacial score (nSPS) is 10.8. The van der Waals surface area contributed by atoms with Gasteiger partial charge in [-0.25, -0.2) is 9.97 Å². The van der Waals surface area contributed by atoms with Crippen LogP contribution in [0.5, 0.6) is 0 Å². The Balaban J connectivity index is 2.04. The SMILES string of the molecule is O=C(c1cn(-c2ccccn2)c(=O)c2ccccc12)n1ccnc1. The van der Waals surface area contributed by atoms with Gasteiger partial charge in [0, 0.05) is 35.6 Å². The molecule has 0 amide bonds. The summed E-state index contributed by atoms with van der Waals surface area (Å²) in [6.07, 6.45) is 7.69. The minimum absolute atomic E-state index is 0.216. The van der Waals surface area contributed by atoms with Crippen LogP contribution in [-0.2, 0) is 0 Å². The van der Waals surface area contributed by atoms with Crippen LogP contribution in [-0.4, -0.2) is 25.0 Å². The van der Waals surface area contributed by atoms with Gasteiger partial charge in [-0.15, -0.1) is 0 Å². The standard InChI is InChI=1S/C18H12N4O2/c23-17(21-10-9-19-12-21)15-11-22(16-7-3-4-8-20-16)18(24)14-6-2-1-5-13(14)15/h1-12H. The number of hydrogen-bond donors (Lipinski definition) is 0. The van der Waals surface area contributed by atoms with Crippen molar-refractivity contribution < 1.29 is 4.79 Å². The van der Waals surface area contributed by atoms with E-state index in [1.54, 1.807) is 54.9 Å². The summed E-state index contributed by atoms with van der Waals surface area (Å²) in [6.45, 7) is 0. The molecule has 0 atom stereocenters. The number of rotatable bonds is 2. The van der Waals surface area contributed by atoms with Crippen LogP contribution in [0.3, 0.4) is 0 Å². The Morgan fingerprint density at radius 2 is 1.75 bits per heavy atom. The first-order valence-corrected chi connectivity index (χ1v) is 7.34. The Kier molecular flexibility index (Phi) is 3.28. The predicted molar refractivity (Wildman–Crippen MR) is 89.3 cm³/mol. The molecule has 6 nitrogen and oxygen atoms in total. The fourth-order valence-electron chi connectivity index (χ4n) is 2.65. The van der Waals surface area contributed by atoms with Crippen molar-refractivity contribution in [1.82, 2.24) is 19.1 Å². The highest BCUT2D eigenvalue weighted by Gasteiger charge is 2.16. The first-order chi connectivity index (χ1) is 11.8. The summed E-state index contributed by atoms with van der Waals surface area (Å²) in [5, 5.41) is 1.07. The van der Waals surface area contributed by atoms with Gasteiger partial charge >= 0.3 is 0 Å². The summed E-state index contributed by atoms with van der Waals surface area (Å²) in [5.41, 5.74) is 0.195. The Morgan fingerprint density at radius 3 is 2.46 bits per heavy atom. The predicted octanol–water partition coefficient (Wildman–Crippen LogP) is 2.27. The number of imidazole rings is 1. The van der Waals surface area contributed by atoms with Crippen molar-refractivity contribution in [2.75, 3.05) is 0 Å². The highest BCUT2D eigenvalue weighted by Crippen LogP contribution is 2.18. The van der Waals surface area contributed by atoms with Gasteiger partial charge < -0.3 is 0 Å². The van der Waals surface area contributed by atoms with Crippen molar-refractivity contribution in [1.29, 1.82) is 0 Å². The van der Waals surface area contributed by atoms with Gasteiger partial charge in [-0.05, 0) is 18.2 Å². The third kappa shape index (κ3) is 2.21. The number of hydrogen-bond acceptors (Lipinski definition) is 4. The summed E-state index contributed by atoms with van der Waals surface area (Å²) < 4.78 is 2.78. The number of nitrogens with zero attached hydrogens (tertiary/aromatic N) is 4. The van der Waals surface area contributed by atoms with Crippen LogP contribution in [0, 0.1) is 0 Å². The number of fused-ring (bicyclic) bond motifs is 1. The van der Waals surface area contributed by atoms with Crippen molar-refractivity contribution in [2.45, 2.75) is 0 Å². The van der Waals surface area contributed by atoms with Crippen molar-refractivity contribution in [3.63, 3.8) is 0 Å². The highest BCUT2D eigenvalue weighted by molar-refractivity contribution is 6.07. The second kappa shape index (κ2) is 5.58. The molecule has 4 rings (SSSR count). The van der Waals surface area contributed by atoms with E-state index in [1.807, 2.05) is 0 Å². The zero-order valence-electron chi connectivity index (χ0n) is 12.5. The van der Waals surface area contributed by atoms with Gasteiger partial charge in [-0.3, -0.25) is 18.7 Å². The fraction of sp³-hybridized carbons (Fsp3) is 0. The topological polar surface area (TPSA) is 69.8 Å². The molecule has 0 spiro atoms. The maximum absolute atomic E-state index is 12.8. The van der Waals surface area contributed by atoms with Crippen LogP contribution in [0.25, 0.3) is 16.6 Å². The van der Waals surface area contributed by atoms with Crippen molar-refractivity contribution in [3.8, 4) is 5.82 Å². The monoisotopic (exact) mass is 316 g/mol. The van der Waals surface area contributed by atoms with E-state index in [2.05, 4.69) is 9.97 Å². The number of carbonyl (C=O) groups excluding carboxylic acids is 1. The van der Waals surface area contributed by atoms with E-state index >= 15 is 0 Å². The zero-order chi connectivity index (χ0) is 16.5. The maximum Gasteiger partial charge on any atom is 0.265 e. The minimum Gasteiger partial charge on any atom is -0.272 e. The molecule has 0 aliphatic rings. The molecule has 3 aromatic heterocycles. The summed E-state index contributed by atoms with van der Waals surface area (Å²) >= 11 is 0. The molecule has 116 valence electrons. The summed E-state index contributed by atoms with van der Waals surface area (Å²) in [5.74, 6) is 0.210. The third-order valence-electron chi connectivity index (χ3n) is 3.79. The van der Waals surface area contributed by atoms with Crippen molar-refractivity contribution in [3.05, 3.63) is 89.5 Å². The van der Waals surface area contributed by atoms with Crippen LogP contribution in [0.4, 0.5) is 0 Å². The Bertz CT molecular complexity index is 1080. The van der Waals surface area contributed by atoms with E-state index in [4.69, 9.17) is 0 Å². The van der Waals surface area contributed by atoms with Gasteiger partial charge in [0.25, 0.3) is 11.5 Å². The average molecular weight is 316 g/mol.